The molecular formula is C35H45NO9. The molecule has 4 rings (SSSR count). The van der Waals surface area contributed by atoms with Crippen LogP contribution >= 0.6 is 0 Å². The van der Waals surface area contributed by atoms with E-state index in [1.165, 1.54) is 5.06 Å². The third-order valence-electron chi connectivity index (χ3n) is 7.22. The first kappa shape index (κ1) is 34.1. The van der Waals surface area contributed by atoms with Crippen LogP contribution in [-0.2, 0) is 32.3 Å². The number of aliphatic hydroxyl groups is 1. The van der Waals surface area contributed by atoms with Gasteiger partial charge in [0.15, 0.2) is 0 Å². The summed E-state index contributed by atoms with van der Waals surface area (Å²) in [5.41, 5.74) is 2.15. The predicted molar refractivity (Wildman–Crippen MR) is 168 cm³/mol. The van der Waals surface area contributed by atoms with Crippen LogP contribution < -0.4 is 14.2 Å². The summed E-state index contributed by atoms with van der Waals surface area (Å²) in [6, 6.07) is 23.1. The van der Waals surface area contributed by atoms with E-state index in [0.29, 0.717) is 26.4 Å². The second-order valence-electron chi connectivity index (χ2n) is 11.8. The summed E-state index contributed by atoms with van der Waals surface area (Å²) in [4.78, 5) is 17.8. The maximum atomic E-state index is 12.4. The number of ether oxygens (including phenoxy) is 6. The van der Waals surface area contributed by atoms with Crippen molar-refractivity contribution in [3.8, 4) is 17.2 Å². The van der Waals surface area contributed by atoms with E-state index in [1.807, 2.05) is 72.8 Å². The molecule has 3 unspecified atom stereocenters. The number of methoxy groups -OCH3 is 2. The molecule has 45 heavy (non-hydrogen) atoms. The average molecular weight is 624 g/mol. The number of rotatable bonds is 14. The summed E-state index contributed by atoms with van der Waals surface area (Å²) in [5.74, 6) is 1.93. The maximum Gasteiger partial charge on any atom is 0.528 e. The van der Waals surface area contributed by atoms with Crippen LogP contribution in [0.15, 0.2) is 72.8 Å². The van der Waals surface area contributed by atoms with Crippen molar-refractivity contribution in [1.82, 2.24) is 5.06 Å². The number of aliphatic hydroxyl groups excluding tert-OH is 1. The van der Waals surface area contributed by atoms with E-state index >= 15 is 0 Å². The Kier molecular flexibility index (Phi) is 12.5. The minimum Gasteiger partial charge on any atom is -0.497 e. The molecule has 10 heteroatoms. The van der Waals surface area contributed by atoms with E-state index in [-0.39, 0.29) is 19.0 Å². The number of benzene rings is 3. The lowest BCUT2D eigenvalue weighted by Gasteiger charge is -2.40. The number of carbonyl (C=O) groups excluding carboxylic acids is 1. The van der Waals surface area contributed by atoms with Crippen LogP contribution in [0.1, 0.15) is 49.8 Å². The Morgan fingerprint density at radius 3 is 2.27 bits per heavy atom. The van der Waals surface area contributed by atoms with E-state index in [4.69, 9.17) is 33.3 Å². The molecular weight excluding hydrogens is 578 g/mol. The molecule has 0 aliphatic carbocycles. The van der Waals surface area contributed by atoms with Gasteiger partial charge in [-0.25, -0.2) is 4.79 Å². The third kappa shape index (κ3) is 10.6. The molecule has 1 fully saturated rings. The molecule has 10 nitrogen and oxygen atoms in total. The molecule has 1 heterocycles. The van der Waals surface area contributed by atoms with Crippen LogP contribution in [0.5, 0.6) is 17.2 Å². The fourth-order valence-corrected chi connectivity index (χ4v) is 5.07. The quantitative estimate of drug-likeness (QED) is 0.172. The minimum atomic E-state index is -0.866. The van der Waals surface area contributed by atoms with Gasteiger partial charge in [0.25, 0.3) is 0 Å². The van der Waals surface area contributed by atoms with Crippen LogP contribution in [-0.4, -0.2) is 74.7 Å². The average Bonchev–Trinajstić information content (AvgIpc) is 3.01. The molecule has 1 aliphatic rings. The lowest BCUT2D eigenvalue weighted by atomic mass is 9.85. The Morgan fingerprint density at radius 2 is 1.58 bits per heavy atom. The van der Waals surface area contributed by atoms with Gasteiger partial charge in [-0.3, -0.25) is 0 Å². The summed E-state index contributed by atoms with van der Waals surface area (Å²) < 4.78 is 34.0. The number of β-amino-alcohol motifs (C(OH)–C–C–N with tert-alkyl or cyclic N) is 1. The molecule has 1 aliphatic heterocycles. The molecule has 0 amide bonds. The minimum absolute atomic E-state index is 0.111. The first-order valence-corrected chi connectivity index (χ1v) is 15.2. The van der Waals surface area contributed by atoms with Gasteiger partial charge in [-0.1, -0.05) is 42.5 Å². The Morgan fingerprint density at radius 1 is 0.867 bits per heavy atom. The second-order valence-corrected chi connectivity index (χ2v) is 11.8. The highest BCUT2D eigenvalue weighted by atomic mass is 16.8. The van der Waals surface area contributed by atoms with Gasteiger partial charge in [0, 0.05) is 17.9 Å². The number of hydrogen-bond acceptors (Lipinski definition) is 10. The summed E-state index contributed by atoms with van der Waals surface area (Å²) in [6.45, 7) is 7.50. The summed E-state index contributed by atoms with van der Waals surface area (Å²) in [7, 11) is 3.27. The summed E-state index contributed by atoms with van der Waals surface area (Å²) in [5, 5.41) is 12.7. The summed E-state index contributed by atoms with van der Waals surface area (Å²) in [6.07, 6.45) is -1.44. The fraction of sp³-hybridized carbons (Fsp3) is 0.457. The van der Waals surface area contributed by atoms with Crippen molar-refractivity contribution >= 4 is 6.16 Å². The SMILES string of the molecule is COc1ccc(COC2CN(OC(=O)OC(C)(C)C)CC(O)C2c2ccc(OCCCOCc3ccccc3OC)cc2)cc1. The fourth-order valence-electron chi connectivity index (χ4n) is 5.07. The van der Waals surface area contributed by atoms with E-state index < -0.39 is 24.0 Å². The van der Waals surface area contributed by atoms with Gasteiger partial charge < -0.3 is 38.4 Å². The molecule has 244 valence electrons. The van der Waals surface area contributed by atoms with Crippen molar-refractivity contribution < 1.29 is 43.2 Å². The van der Waals surface area contributed by atoms with Crippen molar-refractivity contribution in [1.29, 1.82) is 0 Å². The lowest BCUT2D eigenvalue weighted by Crippen LogP contribution is -2.52. The van der Waals surface area contributed by atoms with E-state index in [9.17, 15) is 9.90 Å². The Bertz CT molecular complexity index is 1320. The maximum absolute atomic E-state index is 12.4. The largest absolute Gasteiger partial charge is 0.528 e. The van der Waals surface area contributed by atoms with Crippen LogP contribution in [0.3, 0.4) is 0 Å². The molecule has 0 aromatic heterocycles. The van der Waals surface area contributed by atoms with Crippen molar-refractivity contribution in [2.24, 2.45) is 0 Å². The number of para-hydroxylation sites is 1. The van der Waals surface area contributed by atoms with Crippen LogP contribution in [0.4, 0.5) is 4.79 Å². The zero-order valence-corrected chi connectivity index (χ0v) is 26.8. The van der Waals surface area contributed by atoms with Gasteiger partial charge >= 0.3 is 6.16 Å². The van der Waals surface area contributed by atoms with Gasteiger partial charge in [-0.05, 0) is 62.2 Å². The normalized spacial score (nSPS) is 18.7. The molecule has 3 aromatic carbocycles. The van der Waals surface area contributed by atoms with Crippen molar-refractivity contribution in [2.45, 2.75) is 64.1 Å². The molecule has 0 spiro atoms. The second kappa shape index (κ2) is 16.5. The monoisotopic (exact) mass is 623 g/mol. The van der Waals surface area contributed by atoms with E-state index in [2.05, 4.69) is 0 Å². The van der Waals surface area contributed by atoms with Gasteiger partial charge in [0.1, 0.15) is 22.8 Å². The standard InChI is InChI=1S/C35H45NO9/c1-35(2,3)44-34(38)45-36-21-30(37)33(32(22-36)43-23-25-11-15-28(39-4)16-12-25)26-13-17-29(18-14-26)42-20-8-19-41-24-27-9-6-7-10-31(27)40-5/h6-7,9-18,30,32-33,37H,8,19-24H2,1-5H3. The molecule has 1 saturated heterocycles. The smallest absolute Gasteiger partial charge is 0.497 e. The molecule has 3 aromatic rings. The Labute approximate surface area is 265 Å². The van der Waals surface area contributed by atoms with Gasteiger partial charge in [0.2, 0.25) is 0 Å². The lowest BCUT2D eigenvalue weighted by molar-refractivity contribution is -0.201. The predicted octanol–water partition coefficient (Wildman–Crippen LogP) is 5.90. The number of carbonyl (C=O) groups is 1. The van der Waals surface area contributed by atoms with Gasteiger partial charge in [-0.2, -0.15) is 0 Å². The number of hydrogen-bond donors (Lipinski definition) is 1. The van der Waals surface area contributed by atoms with Gasteiger partial charge in [0.05, 0.1) is 65.9 Å². The highest BCUT2D eigenvalue weighted by molar-refractivity contribution is 5.60. The summed E-state index contributed by atoms with van der Waals surface area (Å²) >= 11 is 0. The van der Waals surface area contributed by atoms with Crippen LogP contribution in [0.2, 0.25) is 0 Å². The molecule has 0 bridgehead atoms. The highest BCUT2D eigenvalue weighted by Gasteiger charge is 2.40. The van der Waals surface area contributed by atoms with E-state index in [0.717, 1.165) is 40.4 Å². The first-order chi connectivity index (χ1) is 21.6. The molecule has 0 saturated carbocycles. The number of hydroxylamine groups is 2. The topological polar surface area (TPSA) is 105 Å². The van der Waals surface area contributed by atoms with Gasteiger partial charge in [-0.15, -0.1) is 5.06 Å². The first-order valence-electron chi connectivity index (χ1n) is 15.2. The van der Waals surface area contributed by atoms with E-state index in [1.54, 1.807) is 35.0 Å². The van der Waals surface area contributed by atoms with Crippen LogP contribution in [0.25, 0.3) is 0 Å². The molecule has 3 atom stereocenters. The zero-order valence-electron chi connectivity index (χ0n) is 26.8. The van der Waals surface area contributed by atoms with Crippen LogP contribution in [0, 0.1) is 0 Å². The van der Waals surface area contributed by atoms with Crippen molar-refractivity contribution in [2.75, 3.05) is 40.5 Å². The highest BCUT2D eigenvalue weighted by Crippen LogP contribution is 2.33. The third-order valence-corrected chi connectivity index (χ3v) is 7.22. The zero-order chi connectivity index (χ0) is 32.2. The Hall–Kier alpha value is -3.83. The molecule has 1 N–H and O–H groups in total. The number of nitrogens with zero attached hydrogens (tertiary/aromatic N) is 1. The molecule has 0 radical (unpaired) electrons. The Balaban J connectivity index is 1.34. The van der Waals surface area contributed by atoms with Crippen molar-refractivity contribution in [3.63, 3.8) is 0 Å². The van der Waals surface area contributed by atoms with Crippen molar-refractivity contribution in [3.05, 3.63) is 89.5 Å². The number of piperidine rings is 1.